The highest BCUT2D eigenvalue weighted by Gasteiger charge is 2.25. The predicted octanol–water partition coefficient (Wildman–Crippen LogP) is 2.62. The Kier molecular flexibility index (Phi) is 5.87. The van der Waals surface area contributed by atoms with E-state index in [1.165, 1.54) is 0 Å². The first kappa shape index (κ1) is 16.5. The summed E-state index contributed by atoms with van der Waals surface area (Å²) in [5, 5.41) is 0.619. The van der Waals surface area contributed by atoms with Crippen molar-refractivity contribution < 1.29 is 17.9 Å². The zero-order chi connectivity index (χ0) is 15.3. The summed E-state index contributed by atoms with van der Waals surface area (Å²) in [5.74, 6) is 0.441. The zero-order valence-electron chi connectivity index (χ0n) is 12.0. The van der Waals surface area contributed by atoms with Crippen LogP contribution in [0.3, 0.4) is 0 Å². The number of halogens is 1. The van der Waals surface area contributed by atoms with Gasteiger partial charge in [0.25, 0.3) is 0 Å². The molecule has 0 spiro atoms. The van der Waals surface area contributed by atoms with Gasteiger partial charge in [-0.3, -0.25) is 4.72 Å². The second-order valence-electron chi connectivity index (χ2n) is 5.04. The number of anilines is 1. The number of methoxy groups -OCH3 is 1. The van der Waals surface area contributed by atoms with Crippen LogP contribution in [0.4, 0.5) is 5.69 Å². The van der Waals surface area contributed by atoms with E-state index in [1.807, 2.05) is 6.07 Å². The number of ether oxygens (including phenoxy) is 2. The van der Waals surface area contributed by atoms with E-state index in [9.17, 15) is 8.42 Å². The van der Waals surface area contributed by atoms with Crippen LogP contribution < -0.4 is 4.72 Å². The lowest BCUT2D eigenvalue weighted by atomic mass is 10.1. The van der Waals surface area contributed by atoms with Crippen LogP contribution in [0.1, 0.15) is 24.3 Å². The molecule has 21 heavy (non-hydrogen) atoms. The number of nitrogens with one attached hydrogen (secondary N) is 1. The SMILES string of the molecule is COCCOCCS(=O)(=O)Nc1ccc(C2CC2)c(Cl)c1. The number of benzene rings is 1. The minimum absolute atomic E-state index is 0.0985. The van der Waals surface area contributed by atoms with E-state index >= 15 is 0 Å². The van der Waals surface area contributed by atoms with Crippen molar-refractivity contribution in [3.63, 3.8) is 0 Å². The summed E-state index contributed by atoms with van der Waals surface area (Å²) >= 11 is 6.18. The third-order valence-corrected chi connectivity index (χ3v) is 4.80. The second-order valence-corrected chi connectivity index (χ2v) is 7.29. The Hall–Kier alpha value is -0.820. The van der Waals surface area contributed by atoms with Gasteiger partial charge in [-0.25, -0.2) is 8.42 Å². The van der Waals surface area contributed by atoms with E-state index in [0.29, 0.717) is 29.8 Å². The largest absolute Gasteiger partial charge is 0.382 e. The van der Waals surface area contributed by atoms with E-state index in [-0.39, 0.29) is 12.4 Å². The van der Waals surface area contributed by atoms with Crippen molar-refractivity contribution in [2.45, 2.75) is 18.8 Å². The lowest BCUT2D eigenvalue weighted by molar-refractivity contribution is 0.0785. The molecule has 7 heteroatoms. The van der Waals surface area contributed by atoms with Gasteiger partial charge in [-0.15, -0.1) is 0 Å². The highest BCUT2D eigenvalue weighted by atomic mass is 35.5. The van der Waals surface area contributed by atoms with E-state index in [4.69, 9.17) is 21.1 Å². The van der Waals surface area contributed by atoms with Crippen LogP contribution in [0.15, 0.2) is 18.2 Å². The monoisotopic (exact) mass is 333 g/mol. The summed E-state index contributed by atoms with van der Waals surface area (Å²) in [6.45, 7) is 0.965. The topological polar surface area (TPSA) is 64.6 Å². The Bertz CT molecular complexity index is 572. The Morgan fingerprint density at radius 3 is 2.67 bits per heavy atom. The lowest BCUT2D eigenvalue weighted by Gasteiger charge is -2.10. The van der Waals surface area contributed by atoms with E-state index < -0.39 is 10.0 Å². The van der Waals surface area contributed by atoms with Gasteiger partial charge in [0.15, 0.2) is 0 Å². The summed E-state index contributed by atoms with van der Waals surface area (Å²) in [7, 11) is -1.86. The zero-order valence-corrected chi connectivity index (χ0v) is 13.5. The molecule has 5 nitrogen and oxygen atoms in total. The molecule has 0 amide bonds. The first-order valence-corrected chi connectivity index (χ1v) is 8.91. The van der Waals surface area contributed by atoms with Gasteiger partial charge < -0.3 is 9.47 Å². The second kappa shape index (κ2) is 7.45. The molecule has 0 heterocycles. The van der Waals surface area contributed by atoms with Crippen LogP contribution in [0.25, 0.3) is 0 Å². The maximum Gasteiger partial charge on any atom is 0.235 e. The number of hydrogen-bond donors (Lipinski definition) is 1. The van der Waals surface area contributed by atoms with Gasteiger partial charge in [0.2, 0.25) is 10.0 Å². The Morgan fingerprint density at radius 2 is 2.05 bits per heavy atom. The third kappa shape index (κ3) is 5.47. The number of sulfonamides is 1. The van der Waals surface area contributed by atoms with E-state index in [1.54, 1.807) is 19.2 Å². The average Bonchev–Trinajstić information content (AvgIpc) is 3.22. The van der Waals surface area contributed by atoms with Crippen LogP contribution in [0, 0.1) is 0 Å². The molecule has 0 saturated heterocycles. The summed E-state index contributed by atoms with van der Waals surface area (Å²) in [4.78, 5) is 0. The standard InChI is InChI=1S/C14H20ClNO4S/c1-19-6-7-20-8-9-21(17,18)16-12-4-5-13(11-2-3-11)14(15)10-12/h4-5,10-11,16H,2-3,6-9H2,1H3. The molecule has 1 aromatic carbocycles. The predicted molar refractivity (Wildman–Crippen MR) is 83.5 cm³/mol. The third-order valence-electron chi connectivity index (χ3n) is 3.22. The molecule has 118 valence electrons. The van der Waals surface area contributed by atoms with Gasteiger partial charge in [0.1, 0.15) is 0 Å². The molecule has 1 aromatic rings. The molecular formula is C14H20ClNO4S. The minimum Gasteiger partial charge on any atom is -0.382 e. The fourth-order valence-electron chi connectivity index (χ4n) is 1.96. The normalized spacial score (nSPS) is 15.1. The summed E-state index contributed by atoms with van der Waals surface area (Å²) in [5.41, 5.74) is 1.59. The van der Waals surface area contributed by atoms with Gasteiger partial charge in [-0.05, 0) is 36.5 Å². The molecule has 1 aliphatic rings. The smallest absolute Gasteiger partial charge is 0.235 e. The van der Waals surface area contributed by atoms with Crippen molar-refractivity contribution in [1.29, 1.82) is 0 Å². The maximum atomic E-state index is 11.9. The van der Waals surface area contributed by atoms with Gasteiger partial charge in [0, 0.05) is 17.8 Å². The van der Waals surface area contributed by atoms with Crippen molar-refractivity contribution in [2.24, 2.45) is 0 Å². The maximum absolute atomic E-state index is 11.9. The van der Waals surface area contributed by atoms with Gasteiger partial charge in [0.05, 0.1) is 25.6 Å². The van der Waals surface area contributed by atoms with Gasteiger partial charge in [-0.2, -0.15) is 0 Å². The summed E-state index contributed by atoms with van der Waals surface area (Å²) < 4.78 is 36.3. The van der Waals surface area contributed by atoms with E-state index in [2.05, 4.69) is 4.72 Å². The highest BCUT2D eigenvalue weighted by Crippen LogP contribution is 2.43. The fourth-order valence-corrected chi connectivity index (χ4v) is 3.22. The van der Waals surface area contributed by atoms with E-state index in [0.717, 1.165) is 18.4 Å². The molecule has 0 aromatic heterocycles. The molecule has 1 N–H and O–H groups in total. The Morgan fingerprint density at radius 1 is 1.29 bits per heavy atom. The molecule has 0 unspecified atom stereocenters. The molecule has 0 radical (unpaired) electrons. The molecule has 1 fully saturated rings. The van der Waals surface area contributed by atoms with Gasteiger partial charge >= 0.3 is 0 Å². The molecule has 0 aliphatic heterocycles. The fraction of sp³-hybridized carbons (Fsp3) is 0.571. The van der Waals surface area contributed by atoms with Gasteiger partial charge in [-0.1, -0.05) is 17.7 Å². The van der Waals surface area contributed by atoms with Crippen LogP contribution in [0.5, 0.6) is 0 Å². The summed E-state index contributed by atoms with van der Waals surface area (Å²) in [6.07, 6.45) is 2.31. The van der Waals surface area contributed by atoms with Crippen molar-refractivity contribution >= 4 is 27.3 Å². The molecule has 1 saturated carbocycles. The minimum atomic E-state index is -3.43. The highest BCUT2D eigenvalue weighted by molar-refractivity contribution is 7.92. The molecule has 2 rings (SSSR count). The first-order chi connectivity index (χ1) is 10.0. The molecule has 0 atom stereocenters. The van der Waals surface area contributed by atoms with Crippen molar-refractivity contribution in [3.8, 4) is 0 Å². The van der Waals surface area contributed by atoms with Crippen LogP contribution in [-0.2, 0) is 19.5 Å². The first-order valence-electron chi connectivity index (χ1n) is 6.88. The van der Waals surface area contributed by atoms with Crippen LogP contribution in [-0.4, -0.2) is 41.1 Å². The number of hydrogen-bond acceptors (Lipinski definition) is 4. The quantitative estimate of drug-likeness (QED) is 0.705. The van der Waals surface area contributed by atoms with Crippen molar-refractivity contribution in [2.75, 3.05) is 37.4 Å². The molecule has 1 aliphatic carbocycles. The average molecular weight is 334 g/mol. The Balaban J connectivity index is 1.86. The molecular weight excluding hydrogens is 314 g/mol. The van der Waals surface area contributed by atoms with Crippen molar-refractivity contribution in [1.82, 2.24) is 0 Å². The van der Waals surface area contributed by atoms with Crippen molar-refractivity contribution in [3.05, 3.63) is 28.8 Å². The lowest BCUT2D eigenvalue weighted by Crippen LogP contribution is -2.21. The Labute approximate surface area is 130 Å². The summed E-state index contributed by atoms with van der Waals surface area (Å²) in [6, 6.07) is 5.31. The molecule has 0 bridgehead atoms. The number of rotatable bonds is 9. The van der Waals surface area contributed by atoms with Crippen LogP contribution >= 0.6 is 11.6 Å². The van der Waals surface area contributed by atoms with Crippen LogP contribution in [0.2, 0.25) is 5.02 Å².